The van der Waals surface area contributed by atoms with Gasteiger partial charge in [-0.2, -0.15) is 5.10 Å². The first-order valence-electron chi connectivity index (χ1n) is 8.16. The number of benzene rings is 2. The molecule has 4 rings (SSSR count). The van der Waals surface area contributed by atoms with Crippen LogP contribution in [-0.2, 0) is 16.6 Å². The lowest BCUT2D eigenvalue weighted by atomic mass is 10.2. The predicted octanol–water partition coefficient (Wildman–Crippen LogP) is 3.93. The van der Waals surface area contributed by atoms with Crippen molar-refractivity contribution in [1.29, 1.82) is 0 Å². The highest BCUT2D eigenvalue weighted by Crippen LogP contribution is 2.22. The number of hydrogen-bond donors (Lipinski definition) is 1. The fourth-order valence-corrected chi connectivity index (χ4v) is 4.07. The molecule has 0 unspecified atom stereocenters. The molecule has 6 nitrogen and oxygen atoms in total. The molecule has 0 aliphatic carbocycles. The van der Waals surface area contributed by atoms with Crippen LogP contribution in [0.3, 0.4) is 0 Å². The largest absolute Gasteiger partial charge is 0.266 e. The van der Waals surface area contributed by atoms with E-state index < -0.39 is 10.0 Å². The summed E-state index contributed by atoms with van der Waals surface area (Å²) in [5.41, 5.74) is 1.43. The van der Waals surface area contributed by atoms with Gasteiger partial charge >= 0.3 is 0 Å². The Kier molecular flexibility index (Phi) is 4.55. The zero-order chi connectivity index (χ0) is 18.9. The van der Waals surface area contributed by atoms with Crippen molar-refractivity contribution in [2.45, 2.75) is 11.4 Å². The van der Waals surface area contributed by atoms with Gasteiger partial charge in [0.15, 0.2) is 5.82 Å². The summed E-state index contributed by atoms with van der Waals surface area (Å²) < 4.78 is 29.8. The van der Waals surface area contributed by atoms with Crippen LogP contribution in [-0.4, -0.2) is 23.2 Å². The molecule has 27 heavy (non-hydrogen) atoms. The Hall–Kier alpha value is -2.90. The molecule has 0 amide bonds. The van der Waals surface area contributed by atoms with Crippen LogP contribution < -0.4 is 4.72 Å². The molecule has 0 saturated carbocycles. The standard InChI is InChI=1S/C19H15ClN4O2S/c20-16-8-6-14(7-9-16)13-24-12-10-18(22-24)23-27(25,26)17-5-1-3-15-4-2-11-21-19(15)17/h1-12H,13H2,(H,22,23). The fraction of sp³-hybridized carbons (Fsp3) is 0.0526. The number of nitrogens with zero attached hydrogens (tertiary/aromatic N) is 3. The maximum absolute atomic E-state index is 12.8. The average Bonchev–Trinajstić information content (AvgIpc) is 3.09. The molecular weight excluding hydrogens is 384 g/mol. The van der Waals surface area contributed by atoms with E-state index in [0.717, 1.165) is 10.9 Å². The van der Waals surface area contributed by atoms with E-state index in [2.05, 4.69) is 14.8 Å². The van der Waals surface area contributed by atoms with Crippen LogP contribution in [0, 0.1) is 0 Å². The van der Waals surface area contributed by atoms with Gasteiger partial charge in [0.2, 0.25) is 0 Å². The number of sulfonamides is 1. The second-order valence-electron chi connectivity index (χ2n) is 5.96. The second kappa shape index (κ2) is 7.02. The van der Waals surface area contributed by atoms with Crippen molar-refractivity contribution in [3.8, 4) is 0 Å². The molecule has 0 spiro atoms. The number of rotatable bonds is 5. The molecule has 0 bridgehead atoms. The summed E-state index contributed by atoms with van der Waals surface area (Å²) in [4.78, 5) is 4.32. The Labute approximate surface area is 161 Å². The molecular formula is C19H15ClN4O2S. The highest BCUT2D eigenvalue weighted by Gasteiger charge is 2.19. The van der Waals surface area contributed by atoms with E-state index in [0.29, 0.717) is 17.1 Å². The first kappa shape index (κ1) is 17.5. The molecule has 2 aromatic heterocycles. The Balaban J connectivity index is 1.58. The number of hydrogen-bond acceptors (Lipinski definition) is 4. The van der Waals surface area contributed by atoms with Gasteiger partial charge in [-0.25, -0.2) is 8.42 Å². The van der Waals surface area contributed by atoms with Crippen LogP contribution in [0.1, 0.15) is 5.56 Å². The molecule has 4 aromatic rings. The van der Waals surface area contributed by atoms with Gasteiger partial charge in [0.1, 0.15) is 4.90 Å². The molecule has 0 fully saturated rings. The van der Waals surface area contributed by atoms with Gasteiger partial charge in [-0.05, 0) is 29.8 Å². The van der Waals surface area contributed by atoms with Gasteiger partial charge in [-0.15, -0.1) is 0 Å². The van der Waals surface area contributed by atoms with Gasteiger partial charge in [-0.3, -0.25) is 14.4 Å². The van der Waals surface area contributed by atoms with Gasteiger partial charge in [0.05, 0.1) is 12.1 Å². The number of halogens is 1. The molecule has 8 heteroatoms. The topological polar surface area (TPSA) is 76.9 Å². The highest BCUT2D eigenvalue weighted by atomic mass is 35.5. The van der Waals surface area contributed by atoms with Crippen molar-refractivity contribution in [1.82, 2.24) is 14.8 Å². The summed E-state index contributed by atoms with van der Waals surface area (Å²) in [5.74, 6) is 0.247. The third-order valence-electron chi connectivity index (χ3n) is 4.02. The number of anilines is 1. The smallest absolute Gasteiger partial charge is 0.265 e. The van der Waals surface area contributed by atoms with E-state index in [1.165, 1.54) is 6.07 Å². The van der Waals surface area contributed by atoms with E-state index >= 15 is 0 Å². The molecule has 0 radical (unpaired) electrons. The summed E-state index contributed by atoms with van der Waals surface area (Å²) >= 11 is 5.89. The summed E-state index contributed by atoms with van der Waals surface area (Å²) in [6.45, 7) is 0.509. The van der Waals surface area contributed by atoms with Crippen molar-refractivity contribution in [2.24, 2.45) is 0 Å². The number of pyridine rings is 1. The van der Waals surface area contributed by atoms with Crippen LogP contribution in [0.15, 0.2) is 78.0 Å². The number of nitrogens with one attached hydrogen (secondary N) is 1. The monoisotopic (exact) mass is 398 g/mol. The Bertz CT molecular complexity index is 1200. The second-order valence-corrected chi connectivity index (χ2v) is 8.05. The Morgan fingerprint density at radius 3 is 2.59 bits per heavy atom. The third-order valence-corrected chi connectivity index (χ3v) is 5.66. The van der Waals surface area contributed by atoms with Gasteiger partial charge in [0, 0.05) is 28.9 Å². The van der Waals surface area contributed by atoms with Crippen LogP contribution in [0.2, 0.25) is 5.02 Å². The normalized spacial score (nSPS) is 11.6. The van der Waals surface area contributed by atoms with Crippen molar-refractivity contribution in [3.63, 3.8) is 0 Å². The molecule has 0 atom stereocenters. The SMILES string of the molecule is O=S(=O)(Nc1ccn(Cc2ccc(Cl)cc2)n1)c1cccc2cccnc12. The fourth-order valence-electron chi connectivity index (χ4n) is 2.77. The van der Waals surface area contributed by atoms with Crippen LogP contribution in [0.4, 0.5) is 5.82 Å². The van der Waals surface area contributed by atoms with E-state index in [1.807, 2.05) is 24.3 Å². The number of para-hydroxylation sites is 1. The minimum atomic E-state index is -3.81. The summed E-state index contributed by atoms with van der Waals surface area (Å²) in [6, 6.07) is 17.7. The zero-order valence-electron chi connectivity index (χ0n) is 14.1. The van der Waals surface area contributed by atoms with Crippen molar-refractivity contribution < 1.29 is 8.42 Å². The first-order chi connectivity index (χ1) is 13.0. The van der Waals surface area contributed by atoms with E-state index in [-0.39, 0.29) is 10.7 Å². The summed E-state index contributed by atoms with van der Waals surface area (Å²) in [7, 11) is -3.81. The van der Waals surface area contributed by atoms with Crippen LogP contribution in [0.25, 0.3) is 10.9 Å². The van der Waals surface area contributed by atoms with Crippen LogP contribution in [0.5, 0.6) is 0 Å². The van der Waals surface area contributed by atoms with Crippen molar-refractivity contribution in [2.75, 3.05) is 4.72 Å². The molecule has 2 aromatic carbocycles. The summed E-state index contributed by atoms with van der Waals surface area (Å²) in [6.07, 6.45) is 3.29. The number of fused-ring (bicyclic) bond motifs is 1. The molecule has 0 saturated heterocycles. The zero-order valence-corrected chi connectivity index (χ0v) is 15.7. The molecule has 2 heterocycles. The molecule has 0 aliphatic heterocycles. The quantitative estimate of drug-likeness (QED) is 0.552. The van der Waals surface area contributed by atoms with Crippen molar-refractivity contribution in [3.05, 3.63) is 83.6 Å². The third kappa shape index (κ3) is 3.79. The average molecular weight is 399 g/mol. The number of aromatic nitrogens is 3. The lowest BCUT2D eigenvalue weighted by Gasteiger charge is -2.08. The van der Waals surface area contributed by atoms with E-state index in [9.17, 15) is 8.42 Å². The molecule has 136 valence electrons. The van der Waals surface area contributed by atoms with Gasteiger partial charge in [-0.1, -0.05) is 41.9 Å². The minimum Gasteiger partial charge on any atom is -0.266 e. The van der Waals surface area contributed by atoms with Crippen LogP contribution >= 0.6 is 11.6 Å². The lowest BCUT2D eigenvalue weighted by molar-refractivity contribution is 0.601. The Morgan fingerprint density at radius 2 is 1.78 bits per heavy atom. The summed E-state index contributed by atoms with van der Waals surface area (Å²) in [5, 5.41) is 5.71. The van der Waals surface area contributed by atoms with E-state index in [4.69, 9.17) is 11.6 Å². The minimum absolute atomic E-state index is 0.118. The predicted molar refractivity (Wildman–Crippen MR) is 105 cm³/mol. The maximum Gasteiger partial charge on any atom is 0.265 e. The van der Waals surface area contributed by atoms with Crippen molar-refractivity contribution >= 4 is 38.3 Å². The lowest BCUT2D eigenvalue weighted by Crippen LogP contribution is -2.14. The van der Waals surface area contributed by atoms with Gasteiger partial charge < -0.3 is 0 Å². The Morgan fingerprint density at radius 1 is 1.00 bits per heavy atom. The molecule has 0 aliphatic rings. The first-order valence-corrected chi connectivity index (χ1v) is 10.0. The van der Waals surface area contributed by atoms with Gasteiger partial charge in [0.25, 0.3) is 10.0 Å². The highest BCUT2D eigenvalue weighted by molar-refractivity contribution is 7.93. The molecule has 1 N–H and O–H groups in total. The van der Waals surface area contributed by atoms with E-state index in [1.54, 1.807) is 47.4 Å². The maximum atomic E-state index is 12.8.